The number of carbonyl (C=O) groups is 1. The average molecular weight is 234 g/mol. The van der Waals surface area contributed by atoms with Crippen molar-refractivity contribution in [3.63, 3.8) is 0 Å². The first kappa shape index (κ1) is 13.0. The molecule has 0 saturated carbocycles. The van der Waals surface area contributed by atoms with Gasteiger partial charge in [-0.05, 0) is 11.6 Å². The highest BCUT2D eigenvalue weighted by Crippen LogP contribution is 2.26. The molecular formula is C12H14N2O3. The number of benzene rings is 1. The summed E-state index contributed by atoms with van der Waals surface area (Å²) in [4.78, 5) is 11.3. The summed E-state index contributed by atoms with van der Waals surface area (Å²) < 4.78 is 9.73. The van der Waals surface area contributed by atoms with Crippen molar-refractivity contribution >= 4 is 5.97 Å². The van der Waals surface area contributed by atoms with Crippen LogP contribution in [0.5, 0.6) is 5.75 Å². The Hall–Kier alpha value is -2.06. The number of hydrogen-bond acceptors (Lipinski definition) is 5. The normalized spacial score (nSPS) is 9.53. The Morgan fingerprint density at radius 1 is 1.47 bits per heavy atom. The lowest BCUT2D eigenvalue weighted by Crippen LogP contribution is -2.08. The van der Waals surface area contributed by atoms with E-state index >= 15 is 0 Å². The summed E-state index contributed by atoms with van der Waals surface area (Å²) in [5, 5.41) is 9.00. The maximum absolute atomic E-state index is 11.3. The number of methoxy groups -OCH3 is 2. The van der Waals surface area contributed by atoms with Gasteiger partial charge in [0.1, 0.15) is 11.8 Å². The van der Waals surface area contributed by atoms with Crippen LogP contribution < -0.4 is 10.5 Å². The number of nitriles is 1. The van der Waals surface area contributed by atoms with Gasteiger partial charge in [0, 0.05) is 12.1 Å². The summed E-state index contributed by atoms with van der Waals surface area (Å²) in [5.41, 5.74) is 7.29. The van der Waals surface area contributed by atoms with Crippen molar-refractivity contribution in [2.24, 2.45) is 5.73 Å². The largest absolute Gasteiger partial charge is 0.495 e. The standard InChI is InChI=1S/C12H14N2O3/c1-16-11(15)5-9-3-8(6-13)4-10(7-14)12(9)17-2/h3-4H,5-6,13H2,1-2H3. The number of esters is 1. The van der Waals surface area contributed by atoms with E-state index in [-0.39, 0.29) is 12.4 Å². The van der Waals surface area contributed by atoms with E-state index in [9.17, 15) is 4.79 Å². The third kappa shape index (κ3) is 2.95. The van der Waals surface area contributed by atoms with E-state index < -0.39 is 0 Å². The Morgan fingerprint density at radius 3 is 2.65 bits per heavy atom. The number of ether oxygens (including phenoxy) is 2. The fraction of sp³-hybridized carbons (Fsp3) is 0.333. The lowest BCUT2D eigenvalue weighted by molar-refractivity contribution is -0.139. The summed E-state index contributed by atoms with van der Waals surface area (Å²) in [6.45, 7) is 0.298. The van der Waals surface area contributed by atoms with E-state index in [1.807, 2.05) is 6.07 Å². The molecule has 0 spiro atoms. The maximum Gasteiger partial charge on any atom is 0.310 e. The lowest BCUT2D eigenvalue weighted by atomic mass is 10.0. The molecule has 0 saturated heterocycles. The third-order valence-corrected chi connectivity index (χ3v) is 2.35. The fourth-order valence-corrected chi connectivity index (χ4v) is 1.56. The smallest absolute Gasteiger partial charge is 0.310 e. The summed E-state index contributed by atoms with van der Waals surface area (Å²) in [6, 6.07) is 5.42. The first-order valence-corrected chi connectivity index (χ1v) is 5.03. The first-order valence-electron chi connectivity index (χ1n) is 5.03. The molecule has 90 valence electrons. The van der Waals surface area contributed by atoms with Gasteiger partial charge in [-0.15, -0.1) is 0 Å². The topological polar surface area (TPSA) is 85.3 Å². The number of carbonyl (C=O) groups excluding carboxylic acids is 1. The molecule has 1 rings (SSSR count). The van der Waals surface area contributed by atoms with Gasteiger partial charge in [0.15, 0.2) is 0 Å². The molecule has 5 heteroatoms. The highest BCUT2D eigenvalue weighted by Gasteiger charge is 2.14. The Bertz CT molecular complexity index is 464. The molecule has 0 fully saturated rings. The van der Waals surface area contributed by atoms with E-state index in [0.717, 1.165) is 5.56 Å². The second kappa shape index (κ2) is 5.87. The van der Waals surface area contributed by atoms with Crippen molar-refractivity contribution in [3.05, 3.63) is 28.8 Å². The van der Waals surface area contributed by atoms with Crippen molar-refractivity contribution in [1.82, 2.24) is 0 Å². The average Bonchev–Trinajstić information content (AvgIpc) is 2.37. The Balaban J connectivity index is 3.25. The molecule has 0 atom stereocenters. The van der Waals surface area contributed by atoms with Gasteiger partial charge in [-0.1, -0.05) is 6.07 Å². The Morgan fingerprint density at radius 2 is 2.18 bits per heavy atom. The Kier molecular flexibility index (Phi) is 4.49. The van der Waals surface area contributed by atoms with Crippen LogP contribution in [0.1, 0.15) is 16.7 Å². The molecule has 0 amide bonds. The lowest BCUT2D eigenvalue weighted by Gasteiger charge is -2.11. The van der Waals surface area contributed by atoms with Crippen LogP contribution in [0.3, 0.4) is 0 Å². The minimum absolute atomic E-state index is 0.0577. The predicted molar refractivity (Wildman–Crippen MR) is 61.3 cm³/mol. The molecule has 0 aliphatic rings. The highest BCUT2D eigenvalue weighted by molar-refractivity contribution is 5.74. The molecule has 0 aliphatic heterocycles. The number of nitrogens with two attached hydrogens (primary N) is 1. The van der Waals surface area contributed by atoms with Crippen LogP contribution in [0, 0.1) is 11.3 Å². The summed E-state index contributed by atoms with van der Waals surface area (Å²) in [6.07, 6.45) is 0.0577. The molecule has 0 aliphatic carbocycles. The molecule has 0 unspecified atom stereocenters. The van der Waals surface area contributed by atoms with Gasteiger partial charge in [-0.2, -0.15) is 5.26 Å². The van der Waals surface area contributed by atoms with Gasteiger partial charge in [-0.25, -0.2) is 0 Å². The second-order valence-corrected chi connectivity index (χ2v) is 3.40. The molecule has 1 aromatic rings. The fourth-order valence-electron chi connectivity index (χ4n) is 1.56. The van der Waals surface area contributed by atoms with E-state index in [1.165, 1.54) is 14.2 Å². The highest BCUT2D eigenvalue weighted by atomic mass is 16.5. The van der Waals surface area contributed by atoms with Crippen molar-refractivity contribution < 1.29 is 14.3 Å². The summed E-state index contributed by atoms with van der Waals surface area (Å²) in [5.74, 6) is 0.0106. The van der Waals surface area contributed by atoms with E-state index in [1.54, 1.807) is 12.1 Å². The minimum atomic E-state index is -0.388. The molecular weight excluding hydrogens is 220 g/mol. The summed E-state index contributed by atoms with van der Waals surface area (Å²) >= 11 is 0. The van der Waals surface area contributed by atoms with Gasteiger partial charge < -0.3 is 15.2 Å². The number of nitrogens with zero attached hydrogens (tertiary/aromatic N) is 1. The molecule has 0 radical (unpaired) electrons. The van der Waals surface area contributed by atoms with E-state index in [0.29, 0.717) is 23.4 Å². The Labute approximate surface area is 99.7 Å². The van der Waals surface area contributed by atoms with Crippen LogP contribution in [0.4, 0.5) is 0 Å². The van der Waals surface area contributed by atoms with E-state index in [4.69, 9.17) is 15.7 Å². The first-order chi connectivity index (χ1) is 8.15. The molecule has 5 nitrogen and oxygen atoms in total. The molecule has 0 aromatic heterocycles. The van der Waals surface area contributed by atoms with Gasteiger partial charge >= 0.3 is 5.97 Å². The minimum Gasteiger partial charge on any atom is -0.495 e. The van der Waals surface area contributed by atoms with Crippen LogP contribution in [0.25, 0.3) is 0 Å². The van der Waals surface area contributed by atoms with Crippen LogP contribution in [0.2, 0.25) is 0 Å². The zero-order valence-electron chi connectivity index (χ0n) is 9.82. The van der Waals surface area contributed by atoms with Gasteiger partial charge in [0.05, 0.1) is 26.2 Å². The summed E-state index contributed by atoms with van der Waals surface area (Å²) in [7, 11) is 2.77. The quantitative estimate of drug-likeness (QED) is 0.776. The SMILES string of the molecule is COC(=O)Cc1cc(CN)cc(C#N)c1OC. The molecule has 2 N–H and O–H groups in total. The number of rotatable bonds is 4. The number of hydrogen-bond donors (Lipinski definition) is 1. The van der Waals surface area contributed by atoms with Crippen LogP contribution in [-0.2, 0) is 22.5 Å². The molecule has 1 aromatic carbocycles. The third-order valence-electron chi connectivity index (χ3n) is 2.35. The predicted octanol–water partition coefficient (Wildman–Crippen LogP) is 0.741. The van der Waals surface area contributed by atoms with Crippen molar-refractivity contribution in [2.75, 3.05) is 14.2 Å². The molecule has 0 bridgehead atoms. The molecule has 17 heavy (non-hydrogen) atoms. The second-order valence-electron chi connectivity index (χ2n) is 3.40. The van der Waals surface area contributed by atoms with Crippen molar-refractivity contribution in [3.8, 4) is 11.8 Å². The van der Waals surface area contributed by atoms with Gasteiger partial charge in [0.2, 0.25) is 0 Å². The maximum atomic E-state index is 11.3. The van der Waals surface area contributed by atoms with Crippen LogP contribution in [-0.4, -0.2) is 20.2 Å². The zero-order chi connectivity index (χ0) is 12.8. The van der Waals surface area contributed by atoms with Crippen molar-refractivity contribution in [1.29, 1.82) is 5.26 Å². The van der Waals surface area contributed by atoms with Gasteiger partial charge in [0.25, 0.3) is 0 Å². The monoisotopic (exact) mass is 234 g/mol. The van der Waals surface area contributed by atoms with Crippen molar-refractivity contribution in [2.45, 2.75) is 13.0 Å². The molecule has 0 heterocycles. The van der Waals surface area contributed by atoms with E-state index in [2.05, 4.69) is 4.74 Å². The van der Waals surface area contributed by atoms with Crippen LogP contribution >= 0.6 is 0 Å². The van der Waals surface area contributed by atoms with Gasteiger partial charge in [-0.3, -0.25) is 4.79 Å². The zero-order valence-corrected chi connectivity index (χ0v) is 9.82. The van der Waals surface area contributed by atoms with Crippen LogP contribution in [0.15, 0.2) is 12.1 Å².